The second-order valence-electron chi connectivity index (χ2n) is 6.24. The molecule has 0 fully saturated rings. The molecule has 0 rings (SSSR count). The first-order valence-corrected chi connectivity index (χ1v) is 9.12. The molecule has 2 heteroatoms. The van der Waals surface area contributed by atoms with Crippen LogP contribution in [0.4, 0.5) is 0 Å². The van der Waals surface area contributed by atoms with Crippen molar-refractivity contribution in [1.29, 1.82) is 0 Å². The summed E-state index contributed by atoms with van der Waals surface area (Å²) in [6.07, 6.45) is 21.2. The predicted octanol–water partition coefficient (Wildman–Crippen LogP) is 3.66. The van der Waals surface area contributed by atoms with Gasteiger partial charge in [-0.1, -0.05) is 96.8 Å². The first kappa shape index (κ1) is 23.8. The maximum Gasteiger partial charge on any atom is 1.00 e. The van der Waals surface area contributed by atoms with Crippen molar-refractivity contribution < 1.29 is 34.4 Å². The molecule has 120 valence electrons. The summed E-state index contributed by atoms with van der Waals surface area (Å²) in [5.74, 6) is 0.0969. The largest absolute Gasteiger partial charge is 1.00 e. The fourth-order valence-corrected chi connectivity index (χ4v) is 2.69. The Morgan fingerprint density at radius 1 is 0.619 bits per heavy atom. The van der Waals surface area contributed by atoms with E-state index in [1.165, 1.54) is 89.9 Å². The number of hydrogen-bond acceptors (Lipinski definition) is 1. The summed E-state index contributed by atoms with van der Waals surface area (Å²) in [4.78, 5) is 10.7. The molecule has 0 amide bonds. The molecule has 0 atom stereocenters. The van der Waals surface area contributed by atoms with Crippen molar-refractivity contribution in [2.24, 2.45) is 0 Å². The van der Waals surface area contributed by atoms with Crippen molar-refractivity contribution >= 4 is 5.78 Å². The van der Waals surface area contributed by atoms with Gasteiger partial charge in [-0.25, -0.2) is 0 Å². The number of hydrogen-bond donors (Lipinski definition) is 0. The summed E-state index contributed by atoms with van der Waals surface area (Å²) < 4.78 is 0. The van der Waals surface area contributed by atoms with Crippen LogP contribution in [0.15, 0.2) is 0 Å². The minimum atomic E-state index is 0. The molecule has 0 saturated heterocycles. The van der Waals surface area contributed by atoms with E-state index >= 15 is 0 Å². The van der Waals surface area contributed by atoms with Crippen LogP contribution in [0, 0.1) is 6.92 Å². The molecule has 0 saturated carbocycles. The minimum Gasteiger partial charge on any atom is -0.339 e. The molecule has 0 radical (unpaired) electrons. The van der Waals surface area contributed by atoms with E-state index in [4.69, 9.17) is 0 Å². The molecule has 0 N–H and O–H groups in total. The number of carbonyl (C=O) groups excluding carboxylic acids is 1. The van der Waals surface area contributed by atoms with Crippen LogP contribution in [0.5, 0.6) is 0 Å². The zero-order chi connectivity index (χ0) is 14.9. The van der Waals surface area contributed by atoms with Gasteiger partial charge in [0, 0.05) is 0 Å². The third-order valence-electron chi connectivity index (χ3n) is 4.06. The van der Waals surface area contributed by atoms with Gasteiger partial charge in [-0.05, 0) is 18.6 Å². The van der Waals surface area contributed by atoms with Crippen LogP contribution in [-0.4, -0.2) is 5.78 Å². The first-order valence-electron chi connectivity index (χ1n) is 9.12. The summed E-state index contributed by atoms with van der Waals surface area (Å²) in [5.41, 5.74) is 0. The Balaban J connectivity index is 0. The fraction of sp³-hybridized carbons (Fsp3) is 0.895. The van der Waals surface area contributed by atoms with Crippen molar-refractivity contribution in [2.75, 3.05) is 0 Å². The van der Waals surface area contributed by atoms with Crippen LogP contribution in [0.3, 0.4) is 0 Å². The third-order valence-corrected chi connectivity index (χ3v) is 4.06. The molecule has 0 heterocycles. The Hall–Kier alpha value is 0.540. The Bertz CT molecular complexity index is 204. The number of carbonyl (C=O) groups is 1. The number of Topliss-reactive ketones (excluding diaryl/α,β-unsaturated/α-hetero) is 1. The van der Waals surface area contributed by atoms with E-state index in [0.29, 0.717) is 6.42 Å². The molecule has 0 spiro atoms. The van der Waals surface area contributed by atoms with Gasteiger partial charge in [-0.3, -0.25) is 0 Å². The number of ketones is 1. The Morgan fingerprint density at radius 3 is 1.19 bits per heavy atom. The van der Waals surface area contributed by atoms with E-state index in [9.17, 15) is 4.79 Å². The molecule has 0 unspecified atom stereocenters. The fourth-order valence-electron chi connectivity index (χ4n) is 2.69. The molecule has 0 aromatic rings. The van der Waals surface area contributed by atoms with Crippen LogP contribution in [-0.2, 0) is 4.79 Å². The second kappa shape index (κ2) is 20.5. The summed E-state index contributed by atoms with van der Waals surface area (Å²) in [5, 5.41) is 0. The Morgan fingerprint density at radius 2 is 0.905 bits per heavy atom. The van der Waals surface area contributed by atoms with Crippen molar-refractivity contribution in [2.45, 2.75) is 110 Å². The SMILES string of the molecule is [CH2-]C(=O)CCCCCCCCCCCCCCCCC.[Na+]. The number of unbranched alkanes of at least 4 members (excludes halogenated alkanes) is 14. The van der Waals surface area contributed by atoms with Crippen molar-refractivity contribution in [3.05, 3.63) is 6.92 Å². The quantitative estimate of drug-likeness (QED) is 0.242. The average Bonchev–Trinajstić information content (AvgIpc) is 2.43. The van der Waals surface area contributed by atoms with E-state index in [1.807, 2.05) is 0 Å². The monoisotopic (exact) mass is 304 g/mol. The summed E-state index contributed by atoms with van der Waals surface area (Å²) >= 11 is 0. The maximum absolute atomic E-state index is 10.7. The molecular formula is C19H37NaO. The first-order chi connectivity index (χ1) is 9.77. The molecule has 0 aliphatic heterocycles. The minimum absolute atomic E-state index is 0. The topological polar surface area (TPSA) is 17.1 Å². The van der Waals surface area contributed by atoms with E-state index in [0.717, 1.165) is 6.42 Å². The van der Waals surface area contributed by atoms with Crippen molar-refractivity contribution in [3.63, 3.8) is 0 Å². The zero-order valence-electron chi connectivity index (χ0n) is 14.9. The number of rotatable bonds is 16. The summed E-state index contributed by atoms with van der Waals surface area (Å²) in [7, 11) is 0. The van der Waals surface area contributed by atoms with Gasteiger partial charge in [0.05, 0.1) is 0 Å². The van der Waals surface area contributed by atoms with Crippen molar-refractivity contribution in [1.82, 2.24) is 0 Å². The standard InChI is InChI=1S/C19H37O.Na/c1-3-4-5-6-7-8-9-10-11-12-13-14-15-16-17-18-19(2)20;/h2-18H2,1H3;/q-1;+1. The Labute approximate surface area is 156 Å². The van der Waals surface area contributed by atoms with Crippen LogP contribution in [0.1, 0.15) is 110 Å². The third kappa shape index (κ3) is 22.9. The van der Waals surface area contributed by atoms with Gasteiger partial charge in [0.15, 0.2) is 0 Å². The van der Waals surface area contributed by atoms with E-state index in [2.05, 4.69) is 13.8 Å². The molecule has 21 heavy (non-hydrogen) atoms. The maximum atomic E-state index is 10.7. The van der Waals surface area contributed by atoms with Gasteiger partial charge in [-0.15, -0.1) is 0 Å². The van der Waals surface area contributed by atoms with Crippen LogP contribution >= 0.6 is 0 Å². The van der Waals surface area contributed by atoms with E-state index in [1.54, 1.807) is 0 Å². The molecule has 0 bridgehead atoms. The van der Waals surface area contributed by atoms with Crippen LogP contribution < -0.4 is 29.6 Å². The van der Waals surface area contributed by atoms with E-state index < -0.39 is 0 Å². The van der Waals surface area contributed by atoms with Gasteiger partial charge >= 0.3 is 29.6 Å². The summed E-state index contributed by atoms with van der Waals surface area (Å²) in [6, 6.07) is 0. The zero-order valence-corrected chi connectivity index (χ0v) is 16.9. The normalized spacial score (nSPS) is 10.3. The van der Waals surface area contributed by atoms with Gasteiger partial charge in [0.25, 0.3) is 0 Å². The van der Waals surface area contributed by atoms with Crippen LogP contribution in [0.25, 0.3) is 0 Å². The molecular weight excluding hydrogens is 267 g/mol. The molecule has 0 aliphatic carbocycles. The van der Waals surface area contributed by atoms with Crippen LogP contribution in [0.2, 0.25) is 0 Å². The van der Waals surface area contributed by atoms with Crippen molar-refractivity contribution in [3.8, 4) is 0 Å². The smallest absolute Gasteiger partial charge is 0.339 e. The molecule has 0 aromatic carbocycles. The van der Waals surface area contributed by atoms with Gasteiger partial charge < -0.3 is 11.7 Å². The van der Waals surface area contributed by atoms with Gasteiger partial charge in [0.2, 0.25) is 0 Å². The van der Waals surface area contributed by atoms with Gasteiger partial charge in [-0.2, -0.15) is 0 Å². The molecule has 0 aromatic heterocycles. The second-order valence-corrected chi connectivity index (χ2v) is 6.24. The predicted molar refractivity (Wildman–Crippen MR) is 89.9 cm³/mol. The van der Waals surface area contributed by atoms with E-state index in [-0.39, 0.29) is 35.3 Å². The average molecular weight is 304 g/mol. The molecule has 1 nitrogen and oxygen atoms in total. The Kier molecular flexibility index (Phi) is 23.3. The van der Waals surface area contributed by atoms with Gasteiger partial charge in [0.1, 0.15) is 0 Å². The molecule has 0 aliphatic rings. The summed E-state index contributed by atoms with van der Waals surface area (Å²) in [6.45, 7) is 5.68.